The first-order valence-corrected chi connectivity index (χ1v) is 19.7. The molecule has 3 aromatic heterocycles. The summed E-state index contributed by atoms with van der Waals surface area (Å²) in [5.74, 6) is 0. The van der Waals surface area contributed by atoms with Crippen LogP contribution in [0.1, 0.15) is 164 Å². The van der Waals surface area contributed by atoms with Crippen LogP contribution < -0.4 is 0 Å². The number of hydrogen-bond acceptors (Lipinski definition) is 0. The highest BCUT2D eigenvalue weighted by atomic mass is 14.9. The van der Waals surface area contributed by atoms with E-state index >= 15 is 0 Å². The van der Waals surface area contributed by atoms with E-state index in [0.29, 0.717) is 0 Å². The van der Waals surface area contributed by atoms with Gasteiger partial charge in [0.25, 0.3) is 0 Å². The van der Waals surface area contributed by atoms with Crippen LogP contribution in [0.15, 0.2) is 42.5 Å². The lowest BCUT2D eigenvalue weighted by atomic mass is 10.0. The Hall–Kier alpha value is -2.94. The third kappa shape index (κ3) is 11.6. The van der Waals surface area contributed by atoms with Crippen LogP contribution >= 0.6 is 0 Å². The second-order valence-corrected chi connectivity index (χ2v) is 14.4. The molecular formula is C44H67N3. The van der Waals surface area contributed by atoms with E-state index in [-0.39, 0.29) is 0 Å². The molecule has 258 valence electrons. The number of benzene rings is 1. The summed E-state index contributed by atoms with van der Waals surface area (Å²) >= 11 is 0. The van der Waals surface area contributed by atoms with Gasteiger partial charge in [-0.15, -0.1) is 0 Å². The second-order valence-electron chi connectivity index (χ2n) is 14.4. The molecule has 0 spiro atoms. The summed E-state index contributed by atoms with van der Waals surface area (Å²) in [6.07, 6.45) is 27.4. The zero-order valence-electron chi connectivity index (χ0n) is 30.9. The first kappa shape index (κ1) is 36.9. The molecule has 0 aliphatic carbocycles. The first-order chi connectivity index (χ1) is 23.0. The lowest BCUT2D eigenvalue weighted by Crippen LogP contribution is -1.89. The molecule has 0 amide bonds. The van der Waals surface area contributed by atoms with Crippen molar-refractivity contribution in [1.82, 2.24) is 15.0 Å². The van der Waals surface area contributed by atoms with Crippen molar-refractivity contribution < 1.29 is 0 Å². The number of rotatable bonds is 24. The molecular weight excluding hydrogens is 571 g/mol. The number of unbranched alkanes of at least 4 members (excludes halogenated alkanes) is 15. The molecule has 0 fully saturated rings. The number of aromatic nitrogens is 3. The number of aryl methyl sites for hydroxylation is 5. The highest BCUT2D eigenvalue weighted by Gasteiger charge is 2.19. The molecule has 0 atom stereocenters. The normalized spacial score (nSPS) is 11.6. The number of hydrogen-bond donors (Lipinski definition) is 3. The summed E-state index contributed by atoms with van der Waals surface area (Å²) in [6.45, 7) is 11.4. The van der Waals surface area contributed by atoms with Gasteiger partial charge < -0.3 is 15.0 Å². The zero-order valence-corrected chi connectivity index (χ0v) is 30.9. The third-order valence-electron chi connectivity index (χ3n) is 10.2. The lowest BCUT2D eigenvalue weighted by Gasteiger charge is -2.04. The SMILES string of the molecule is CCCCCCCCc1cc(-c2[nH]c(-c3[nH]c(-c4cccc(C)c4)cc3CCCCCCCC)cc2CCCCCCCC)[nH]c1C. The molecule has 3 heterocycles. The van der Waals surface area contributed by atoms with Crippen LogP contribution in [0.5, 0.6) is 0 Å². The van der Waals surface area contributed by atoms with Gasteiger partial charge in [-0.25, -0.2) is 0 Å². The van der Waals surface area contributed by atoms with Gasteiger partial charge in [0.15, 0.2) is 0 Å². The monoisotopic (exact) mass is 638 g/mol. The highest BCUT2D eigenvalue weighted by molar-refractivity contribution is 5.75. The smallest absolute Gasteiger partial charge is 0.0657 e. The maximum Gasteiger partial charge on any atom is 0.0657 e. The molecule has 0 bridgehead atoms. The molecule has 4 rings (SSSR count). The Morgan fingerprint density at radius 3 is 1.38 bits per heavy atom. The molecule has 0 saturated carbocycles. The van der Waals surface area contributed by atoms with E-state index in [1.165, 1.54) is 184 Å². The van der Waals surface area contributed by atoms with E-state index in [9.17, 15) is 0 Å². The Balaban J connectivity index is 1.60. The highest BCUT2D eigenvalue weighted by Crippen LogP contribution is 2.35. The summed E-state index contributed by atoms with van der Waals surface area (Å²) in [5.41, 5.74) is 14.6. The van der Waals surface area contributed by atoms with Gasteiger partial charge in [0.05, 0.1) is 22.8 Å². The van der Waals surface area contributed by atoms with Crippen LogP contribution in [0.4, 0.5) is 0 Å². The molecule has 47 heavy (non-hydrogen) atoms. The van der Waals surface area contributed by atoms with Crippen LogP contribution in [0.25, 0.3) is 34.0 Å². The van der Waals surface area contributed by atoms with Crippen molar-refractivity contribution in [3.05, 3.63) is 70.4 Å². The van der Waals surface area contributed by atoms with Crippen LogP contribution in [0.3, 0.4) is 0 Å². The van der Waals surface area contributed by atoms with Gasteiger partial charge in [0, 0.05) is 11.4 Å². The molecule has 3 nitrogen and oxygen atoms in total. The van der Waals surface area contributed by atoms with E-state index in [4.69, 9.17) is 0 Å². The largest absolute Gasteiger partial charge is 0.357 e. The van der Waals surface area contributed by atoms with Crippen molar-refractivity contribution in [3.8, 4) is 34.0 Å². The standard InChI is InChI=1S/C44H67N3/c1-6-9-12-15-18-21-26-36-31-41(45-35(36)5)43-39(28-23-20-17-14-11-8-3)33-42(47-43)44-38(27-22-19-16-13-10-7-2)32-40(46-44)37-29-24-25-34(4)30-37/h24-25,29-33,45-47H,6-23,26-28H2,1-5H3. The molecule has 0 unspecified atom stereocenters. The predicted molar refractivity (Wildman–Crippen MR) is 207 cm³/mol. The van der Waals surface area contributed by atoms with E-state index in [1.54, 1.807) is 0 Å². The summed E-state index contributed by atoms with van der Waals surface area (Å²) in [4.78, 5) is 11.7. The van der Waals surface area contributed by atoms with Crippen molar-refractivity contribution in [2.24, 2.45) is 0 Å². The maximum absolute atomic E-state index is 3.98. The molecule has 1 aromatic carbocycles. The predicted octanol–water partition coefficient (Wildman–Crippen LogP) is 14.0. The van der Waals surface area contributed by atoms with Crippen LogP contribution in [-0.4, -0.2) is 15.0 Å². The number of nitrogens with one attached hydrogen (secondary N) is 3. The topological polar surface area (TPSA) is 47.4 Å². The number of H-pyrrole nitrogens is 3. The Bertz CT molecular complexity index is 1430. The van der Waals surface area contributed by atoms with Crippen molar-refractivity contribution in [3.63, 3.8) is 0 Å². The zero-order chi connectivity index (χ0) is 33.3. The van der Waals surface area contributed by atoms with E-state index in [1.807, 2.05) is 0 Å². The fourth-order valence-corrected chi connectivity index (χ4v) is 7.26. The van der Waals surface area contributed by atoms with Crippen LogP contribution in [0, 0.1) is 13.8 Å². The van der Waals surface area contributed by atoms with E-state index < -0.39 is 0 Å². The average Bonchev–Trinajstić information content (AvgIpc) is 3.79. The molecule has 0 aliphatic rings. The minimum absolute atomic E-state index is 1.12. The van der Waals surface area contributed by atoms with E-state index in [2.05, 4.69) is 92.0 Å². The molecule has 3 heteroatoms. The summed E-state index contributed by atoms with van der Waals surface area (Å²) in [6, 6.07) is 16.3. The van der Waals surface area contributed by atoms with Crippen LogP contribution in [0.2, 0.25) is 0 Å². The Kier molecular flexibility index (Phi) is 16.0. The minimum atomic E-state index is 1.12. The maximum atomic E-state index is 3.98. The third-order valence-corrected chi connectivity index (χ3v) is 10.2. The fourth-order valence-electron chi connectivity index (χ4n) is 7.26. The van der Waals surface area contributed by atoms with Crippen molar-refractivity contribution in [2.45, 2.75) is 169 Å². The van der Waals surface area contributed by atoms with Crippen molar-refractivity contribution in [2.75, 3.05) is 0 Å². The van der Waals surface area contributed by atoms with Crippen LogP contribution in [-0.2, 0) is 19.3 Å². The Morgan fingerprint density at radius 1 is 0.426 bits per heavy atom. The number of aromatic amines is 3. The first-order valence-electron chi connectivity index (χ1n) is 19.7. The minimum Gasteiger partial charge on any atom is -0.357 e. The van der Waals surface area contributed by atoms with E-state index in [0.717, 1.165) is 12.8 Å². The van der Waals surface area contributed by atoms with Gasteiger partial charge in [0.1, 0.15) is 0 Å². The Morgan fingerprint density at radius 2 is 0.851 bits per heavy atom. The van der Waals surface area contributed by atoms with Gasteiger partial charge in [0.2, 0.25) is 0 Å². The average molecular weight is 638 g/mol. The van der Waals surface area contributed by atoms with Crippen molar-refractivity contribution >= 4 is 0 Å². The van der Waals surface area contributed by atoms with Gasteiger partial charge in [-0.1, -0.05) is 141 Å². The molecule has 0 saturated heterocycles. The summed E-state index contributed by atoms with van der Waals surface area (Å²) in [5, 5.41) is 0. The molecule has 4 aromatic rings. The van der Waals surface area contributed by atoms with Crippen molar-refractivity contribution in [1.29, 1.82) is 0 Å². The molecule has 0 radical (unpaired) electrons. The Labute approximate surface area is 288 Å². The van der Waals surface area contributed by atoms with Gasteiger partial charge in [-0.05, 0) is 98.9 Å². The second kappa shape index (κ2) is 20.4. The van der Waals surface area contributed by atoms with Gasteiger partial charge in [-0.3, -0.25) is 0 Å². The quantitative estimate of drug-likeness (QED) is 0.0640. The lowest BCUT2D eigenvalue weighted by molar-refractivity contribution is 0.607. The van der Waals surface area contributed by atoms with Gasteiger partial charge in [-0.2, -0.15) is 0 Å². The van der Waals surface area contributed by atoms with Gasteiger partial charge >= 0.3 is 0 Å². The summed E-state index contributed by atoms with van der Waals surface area (Å²) < 4.78 is 0. The molecule has 0 aliphatic heterocycles. The fraction of sp³-hybridized carbons (Fsp3) is 0.591. The molecule has 3 N–H and O–H groups in total. The summed E-state index contributed by atoms with van der Waals surface area (Å²) in [7, 11) is 0.